The van der Waals surface area contributed by atoms with Crippen molar-refractivity contribution in [3.63, 3.8) is 0 Å². The maximum absolute atomic E-state index is 10.1. The van der Waals surface area contributed by atoms with E-state index in [4.69, 9.17) is 10.2 Å². The summed E-state index contributed by atoms with van der Waals surface area (Å²) < 4.78 is 0. The summed E-state index contributed by atoms with van der Waals surface area (Å²) >= 11 is 0. The Morgan fingerprint density at radius 2 is 2.18 bits per heavy atom. The van der Waals surface area contributed by atoms with Crippen LogP contribution in [0.5, 0.6) is 0 Å². The maximum Gasteiger partial charge on any atom is 0.213 e. The maximum atomic E-state index is 10.1. The van der Waals surface area contributed by atoms with Gasteiger partial charge in [0.25, 0.3) is 0 Å². The van der Waals surface area contributed by atoms with Gasteiger partial charge in [-0.2, -0.15) is 0 Å². The minimum absolute atomic E-state index is 0.383. The molecule has 0 aromatic heterocycles. The molecular weight excluding hydrogens is 150 g/mol. The number of rotatable bonds is 4. The van der Waals surface area contributed by atoms with E-state index in [0.717, 1.165) is 0 Å². The average Bonchev–Trinajstić information content (AvgIpc) is 1.86. The van der Waals surface area contributed by atoms with Crippen LogP contribution in [0.15, 0.2) is 0 Å². The minimum atomic E-state index is -1.02. The zero-order valence-corrected chi connectivity index (χ0v) is 6.65. The van der Waals surface area contributed by atoms with Gasteiger partial charge in [-0.1, -0.05) is 0 Å². The summed E-state index contributed by atoms with van der Waals surface area (Å²) in [5.74, 6) is 0. The Labute approximate surface area is 64.8 Å². The summed E-state index contributed by atoms with van der Waals surface area (Å²) in [6, 6.07) is 0. The third kappa shape index (κ3) is 2.81. The van der Waals surface area contributed by atoms with Gasteiger partial charge < -0.3 is 10.2 Å². The number of aliphatic hydroxyl groups excluding tert-OH is 2. The standard InChI is InChI=1S/C6H13NO4/c1-5(9)6(2,4-8)3-7(10)11/h5,8-9H,3-4H2,1-2H3. The Balaban J connectivity index is 4.22. The van der Waals surface area contributed by atoms with Gasteiger partial charge >= 0.3 is 0 Å². The molecule has 0 heterocycles. The summed E-state index contributed by atoms with van der Waals surface area (Å²) in [4.78, 5) is 9.52. The molecule has 0 bridgehead atoms. The number of hydrogen-bond donors (Lipinski definition) is 2. The van der Waals surface area contributed by atoms with E-state index >= 15 is 0 Å². The van der Waals surface area contributed by atoms with Gasteiger partial charge in [-0.15, -0.1) is 0 Å². The molecule has 0 spiro atoms. The van der Waals surface area contributed by atoms with Gasteiger partial charge in [0.05, 0.1) is 18.1 Å². The van der Waals surface area contributed by atoms with Crippen molar-refractivity contribution >= 4 is 0 Å². The van der Waals surface area contributed by atoms with E-state index in [1.54, 1.807) is 0 Å². The quantitative estimate of drug-likeness (QED) is 0.438. The Hall–Kier alpha value is -0.680. The third-order valence-corrected chi connectivity index (χ3v) is 1.86. The van der Waals surface area contributed by atoms with E-state index in [1.807, 2.05) is 0 Å². The van der Waals surface area contributed by atoms with Crippen LogP contribution in [0.3, 0.4) is 0 Å². The second kappa shape index (κ2) is 3.64. The van der Waals surface area contributed by atoms with E-state index in [0.29, 0.717) is 0 Å². The Morgan fingerprint density at radius 1 is 1.73 bits per heavy atom. The first kappa shape index (κ1) is 10.3. The zero-order chi connectivity index (χ0) is 9.07. The molecule has 2 unspecified atom stereocenters. The number of nitro groups is 1. The summed E-state index contributed by atoms with van der Waals surface area (Å²) in [6.07, 6.45) is -0.877. The van der Waals surface area contributed by atoms with Crippen molar-refractivity contribution in [1.82, 2.24) is 0 Å². The first-order valence-corrected chi connectivity index (χ1v) is 3.33. The van der Waals surface area contributed by atoms with E-state index < -0.39 is 23.0 Å². The molecule has 0 amide bonds. The molecule has 5 nitrogen and oxygen atoms in total. The fourth-order valence-corrected chi connectivity index (χ4v) is 0.609. The first-order valence-electron chi connectivity index (χ1n) is 3.33. The highest BCUT2D eigenvalue weighted by atomic mass is 16.6. The Bertz CT molecular complexity index is 148. The number of nitrogens with zero attached hydrogens (tertiary/aromatic N) is 1. The largest absolute Gasteiger partial charge is 0.395 e. The lowest BCUT2D eigenvalue weighted by Crippen LogP contribution is -2.40. The summed E-state index contributed by atoms with van der Waals surface area (Å²) in [7, 11) is 0. The molecule has 0 fully saturated rings. The molecule has 0 aliphatic carbocycles. The highest BCUT2D eigenvalue weighted by Gasteiger charge is 2.34. The van der Waals surface area contributed by atoms with Crippen molar-refractivity contribution in [2.45, 2.75) is 20.0 Å². The van der Waals surface area contributed by atoms with Gasteiger partial charge in [-0.3, -0.25) is 10.1 Å². The van der Waals surface area contributed by atoms with Gasteiger partial charge in [0.15, 0.2) is 0 Å². The lowest BCUT2D eigenvalue weighted by molar-refractivity contribution is -0.500. The highest BCUT2D eigenvalue weighted by molar-refractivity contribution is 4.77. The zero-order valence-electron chi connectivity index (χ0n) is 6.65. The molecular formula is C6H13NO4. The van der Waals surface area contributed by atoms with Crippen molar-refractivity contribution in [2.24, 2.45) is 5.41 Å². The molecule has 0 aromatic rings. The fourth-order valence-electron chi connectivity index (χ4n) is 0.609. The van der Waals surface area contributed by atoms with Crippen LogP contribution in [0, 0.1) is 15.5 Å². The van der Waals surface area contributed by atoms with Crippen LogP contribution in [-0.4, -0.2) is 34.4 Å². The van der Waals surface area contributed by atoms with E-state index in [2.05, 4.69) is 0 Å². The predicted octanol–water partition coefficient (Wildman–Crippen LogP) is -0.357. The van der Waals surface area contributed by atoms with Crippen LogP contribution in [0.1, 0.15) is 13.8 Å². The van der Waals surface area contributed by atoms with Crippen molar-refractivity contribution in [1.29, 1.82) is 0 Å². The first-order chi connectivity index (χ1) is 4.92. The van der Waals surface area contributed by atoms with Gasteiger partial charge in [-0.25, -0.2) is 0 Å². The summed E-state index contributed by atoms with van der Waals surface area (Å²) in [6.45, 7) is 2.10. The van der Waals surface area contributed by atoms with Crippen molar-refractivity contribution in [3.05, 3.63) is 10.1 Å². The second-order valence-corrected chi connectivity index (χ2v) is 2.98. The van der Waals surface area contributed by atoms with Crippen molar-refractivity contribution in [2.75, 3.05) is 13.2 Å². The smallest absolute Gasteiger partial charge is 0.213 e. The molecule has 0 aromatic carbocycles. The van der Waals surface area contributed by atoms with E-state index in [-0.39, 0.29) is 6.61 Å². The normalized spacial score (nSPS) is 18.9. The highest BCUT2D eigenvalue weighted by Crippen LogP contribution is 2.20. The van der Waals surface area contributed by atoms with Crippen LogP contribution < -0.4 is 0 Å². The van der Waals surface area contributed by atoms with Crippen LogP contribution in [0.4, 0.5) is 0 Å². The molecule has 5 heteroatoms. The number of hydrogen-bond acceptors (Lipinski definition) is 4. The molecule has 11 heavy (non-hydrogen) atoms. The lowest BCUT2D eigenvalue weighted by atomic mass is 9.86. The molecule has 0 radical (unpaired) electrons. The van der Waals surface area contributed by atoms with E-state index in [9.17, 15) is 10.1 Å². The van der Waals surface area contributed by atoms with Gasteiger partial charge in [-0.05, 0) is 13.8 Å². The monoisotopic (exact) mass is 163 g/mol. The third-order valence-electron chi connectivity index (χ3n) is 1.86. The van der Waals surface area contributed by atoms with Crippen molar-refractivity contribution in [3.8, 4) is 0 Å². The molecule has 0 aliphatic heterocycles. The van der Waals surface area contributed by atoms with Gasteiger partial charge in [0.1, 0.15) is 0 Å². The Morgan fingerprint density at radius 3 is 2.27 bits per heavy atom. The van der Waals surface area contributed by atoms with Crippen molar-refractivity contribution < 1.29 is 15.1 Å². The summed E-state index contributed by atoms with van der Waals surface area (Å²) in [5.41, 5.74) is -1.02. The SMILES string of the molecule is CC(O)C(C)(CO)C[N+](=O)[O-]. The molecule has 0 rings (SSSR count). The van der Waals surface area contributed by atoms with Crippen LogP contribution in [-0.2, 0) is 0 Å². The van der Waals surface area contributed by atoms with Crippen LogP contribution in [0.25, 0.3) is 0 Å². The molecule has 2 atom stereocenters. The fraction of sp³-hybridized carbons (Fsp3) is 1.00. The van der Waals surface area contributed by atoms with Crippen LogP contribution in [0.2, 0.25) is 0 Å². The second-order valence-electron chi connectivity index (χ2n) is 2.98. The molecule has 0 saturated carbocycles. The number of aliphatic hydroxyl groups is 2. The molecule has 66 valence electrons. The topological polar surface area (TPSA) is 83.6 Å². The minimum Gasteiger partial charge on any atom is -0.395 e. The van der Waals surface area contributed by atoms with Gasteiger partial charge in [0.2, 0.25) is 6.54 Å². The predicted molar refractivity (Wildman–Crippen MR) is 38.7 cm³/mol. The molecule has 0 saturated heterocycles. The Kier molecular flexibility index (Phi) is 3.41. The van der Waals surface area contributed by atoms with Crippen LogP contribution >= 0.6 is 0 Å². The molecule has 0 aliphatic rings. The summed E-state index contributed by atoms with van der Waals surface area (Å²) in [5, 5.41) is 27.9. The lowest BCUT2D eigenvalue weighted by Gasteiger charge is -2.25. The molecule has 2 N–H and O–H groups in total. The van der Waals surface area contributed by atoms with E-state index in [1.165, 1.54) is 13.8 Å². The van der Waals surface area contributed by atoms with Gasteiger partial charge in [0, 0.05) is 4.92 Å². The average molecular weight is 163 g/mol.